The van der Waals surface area contributed by atoms with Crippen LogP contribution in [0.1, 0.15) is 13.3 Å². The number of nitriles is 1. The predicted octanol–water partition coefficient (Wildman–Crippen LogP) is 4.30. The Balaban J connectivity index is 1.70. The molecule has 0 unspecified atom stereocenters. The SMILES string of the molecule is CCn1c(SCC(=O)NCCC#N)nnc1-c1cc(-c2ccccc2)nc2ccccc12. The van der Waals surface area contributed by atoms with Crippen molar-refractivity contribution in [2.75, 3.05) is 12.3 Å². The zero-order chi connectivity index (χ0) is 22.3. The van der Waals surface area contributed by atoms with Crippen LogP contribution in [-0.2, 0) is 11.3 Å². The minimum absolute atomic E-state index is 0.127. The number of para-hydroxylation sites is 1. The summed E-state index contributed by atoms with van der Waals surface area (Å²) in [5.74, 6) is 0.837. The number of benzene rings is 2. The van der Waals surface area contributed by atoms with Gasteiger partial charge in [0.25, 0.3) is 0 Å². The van der Waals surface area contributed by atoms with E-state index in [-0.39, 0.29) is 11.7 Å². The molecule has 0 aliphatic rings. The molecule has 160 valence electrons. The first-order valence-electron chi connectivity index (χ1n) is 10.4. The van der Waals surface area contributed by atoms with Crippen molar-refractivity contribution < 1.29 is 4.79 Å². The van der Waals surface area contributed by atoms with Gasteiger partial charge in [0.15, 0.2) is 11.0 Å². The molecule has 0 aliphatic carbocycles. The van der Waals surface area contributed by atoms with E-state index in [9.17, 15) is 4.79 Å². The Labute approximate surface area is 190 Å². The van der Waals surface area contributed by atoms with E-state index in [1.54, 1.807) is 0 Å². The van der Waals surface area contributed by atoms with Crippen LogP contribution < -0.4 is 5.32 Å². The third kappa shape index (κ3) is 4.63. The average Bonchev–Trinajstić information content (AvgIpc) is 3.25. The molecule has 8 heteroatoms. The summed E-state index contributed by atoms with van der Waals surface area (Å²) in [6, 6.07) is 22.1. The predicted molar refractivity (Wildman–Crippen MR) is 126 cm³/mol. The number of nitrogens with zero attached hydrogens (tertiary/aromatic N) is 5. The summed E-state index contributed by atoms with van der Waals surface area (Å²) in [7, 11) is 0. The number of pyridine rings is 1. The highest BCUT2D eigenvalue weighted by Gasteiger charge is 2.18. The zero-order valence-corrected chi connectivity index (χ0v) is 18.5. The van der Waals surface area contributed by atoms with E-state index in [2.05, 4.69) is 21.6 Å². The molecule has 0 saturated carbocycles. The maximum Gasteiger partial charge on any atom is 0.230 e. The van der Waals surface area contributed by atoms with E-state index in [1.165, 1.54) is 11.8 Å². The van der Waals surface area contributed by atoms with Gasteiger partial charge in [0.1, 0.15) is 0 Å². The fraction of sp³-hybridized carbons (Fsp3) is 0.208. The van der Waals surface area contributed by atoms with E-state index in [4.69, 9.17) is 10.2 Å². The third-order valence-electron chi connectivity index (χ3n) is 4.95. The van der Waals surface area contributed by atoms with E-state index in [0.29, 0.717) is 24.7 Å². The molecule has 0 bridgehead atoms. The van der Waals surface area contributed by atoms with E-state index in [1.807, 2.05) is 72.2 Å². The van der Waals surface area contributed by atoms with Crippen LogP contribution in [0.2, 0.25) is 0 Å². The van der Waals surface area contributed by atoms with Crippen LogP contribution >= 0.6 is 11.8 Å². The lowest BCUT2D eigenvalue weighted by atomic mass is 10.0. The first kappa shape index (κ1) is 21.5. The molecule has 4 rings (SSSR count). The Kier molecular flexibility index (Phi) is 6.78. The topological polar surface area (TPSA) is 96.5 Å². The molecule has 2 aromatic heterocycles. The lowest BCUT2D eigenvalue weighted by molar-refractivity contribution is -0.118. The van der Waals surface area contributed by atoms with Gasteiger partial charge in [-0.25, -0.2) is 4.98 Å². The molecule has 2 aromatic carbocycles. The van der Waals surface area contributed by atoms with Crippen molar-refractivity contribution in [1.82, 2.24) is 25.1 Å². The van der Waals surface area contributed by atoms with Gasteiger partial charge in [0.2, 0.25) is 5.91 Å². The molecular weight excluding hydrogens is 420 g/mol. The van der Waals surface area contributed by atoms with Crippen molar-refractivity contribution in [2.45, 2.75) is 25.0 Å². The van der Waals surface area contributed by atoms with Gasteiger partial charge in [-0.2, -0.15) is 5.26 Å². The highest BCUT2D eigenvalue weighted by molar-refractivity contribution is 7.99. The minimum Gasteiger partial charge on any atom is -0.354 e. The molecule has 0 spiro atoms. The Morgan fingerprint density at radius 3 is 2.69 bits per heavy atom. The maximum atomic E-state index is 12.0. The van der Waals surface area contributed by atoms with Gasteiger partial charge in [-0.05, 0) is 19.1 Å². The van der Waals surface area contributed by atoms with Crippen molar-refractivity contribution in [3.05, 3.63) is 60.7 Å². The lowest BCUT2D eigenvalue weighted by Gasteiger charge is -2.11. The van der Waals surface area contributed by atoms with Gasteiger partial charge in [0.05, 0.1) is 29.5 Å². The molecule has 0 atom stereocenters. The number of carbonyl (C=O) groups excluding carboxylic acids is 1. The van der Waals surface area contributed by atoms with Crippen LogP contribution in [0.3, 0.4) is 0 Å². The molecule has 32 heavy (non-hydrogen) atoms. The molecule has 2 heterocycles. The fourth-order valence-corrected chi connectivity index (χ4v) is 4.27. The first-order valence-corrected chi connectivity index (χ1v) is 11.3. The second kappa shape index (κ2) is 10.1. The standard InChI is InChI=1S/C24H22N6OS/c1-2-30-23(28-29-24(30)32-16-22(31)26-14-8-13-25)19-15-21(17-9-4-3-5-10-17)27-20-12-7-6-11-18(19)20/h3-7,9-12,15H,2,8,14,16H2,1H3,(H,26,31). The van der Waals surface area contributed by atoms with Gasteiger partial charge in [-0.15, -0.1) is 10.2 Å². The number of carbonyl (C=O) groups is 1. The summed E-state index contributed by atoms with van der Waals surface area (Å²) in [6.07, 6.45) is 0.296. The number of hydrogen-bond acceptors (Lipinski definition) is 6. The van der Waals surface area contributed by atoms with Crippen LogP contribution in [0.4, 0.5) is 0 Å². The van der Waals surface area contributed by atoms with Crippen molar-refractivity contribution in [1.29, 1.82) is 5.26 Å². The second-order valence-corrected chi connectivity index (χ2v) is 7.98. The highest BCUT2D eigenvalue weighted by atomic mass is 32.2. The highest BCUT2D eigenvalue weighted by Crippen LogP contribution is 2.32. The smallest absolute Gasteiger partial charge is 0.230 e. The van der Waals surface area contributed by atoms with E-state index < -0.39 is 0 Å². The number of aromatic nitrogens is 4. The Morgan fingerprint density at radius 2 is 1.91 bits per heavy atom. The van der Waals surface area contributed by atoms with Gasteiger partial charge in [0, 0.05) is 29.6 Å². The van der Waals surface area contributed by atoms with Crippen molar-refractivity contribution in [3.8, 4) is 28.7 Å². The van der Waals surface area contributed by atoms with Gasteiger partial charge < -0.3 is 9.88 Å². The summed E-state index contributed by atoms with van der Waals surface area (Å²) in [4.78, 5) is 16.9. The molecule has 1 amide bonds. The van der Waals surface area contributed by atoms with Crippen LogP contribution in [0.15, 0.2) is 65.8 Å². The van der Waals surface area contributed by atoms with Crippen LogP contribution in [0.5, 0.6) is 0 Å². The number of rotatable bonds is 8. The van der Waals surface area contributed by atoms with Crippen LogP contribution in [0, 0.1) is 11.3 Å². The second-order valence-electron chi connectivity index (χ2n) is 7.04. The number of amides is 1. The fourth-order valence-electron chi connectivity index (χ4n) is 3.44. The summed E-state index contributed by atoms with van der Waals surface area (Å²) in [5, 5.41) is 21.9. The number of nitrogens with one attached hydrogen (secondary N) is 1. The van der Waals surface area contributed by atoms with Crippen LogP contribution in [0.25, 0.3) is 33.5 Å². The summed E-state index contributed by atoms with van der Waals surface area (Å²) in [5.41, 5.74) is 3.75. The molecule has 0 saturated heterocycles. The molecule has 4 aromatic rings. The molecule has 1 N–H and O–H groups in total. The normalized spacial score (nSPS) is 10.8. The molecule has 0 aliphatic heterocycles. The first-order chi connectivity index (χ1) is 15.7. The van der Waals surface area contributed by atoms with Gasteiger partial charge in [-0.3, -0.25) is 4.79 Å². The quantitative estimate of drug-likeness (QED) is 0.323. The Hall–Kier alpha value is -3.70. The summed E-state index contributed by atoms with van der Waals surface area (Å²) >= 11 is 1.34. The average molecular weight is 443 g/mol. The van der Waals surface area contributed by atoms with Crippen molar-refractivity contribution >= 4 is 28.6 Å². The maximum absolute atomic E-state index is 12.0. The number of fused-ring (bicyclic) bond motifs is 1. The molecular formula is C24H22N6OS. The largest absolute Gasteiger partial charge is 0.354 e. The third-order valence-corrected chi connectivity index (χ3v) is 5.92. The van der Waals surface area contributed by atoms with Gasteiger partial charge in [-0.1, -0.05) is 60.3 Å². The Bertz CT molecular complexity index is 1280. The summed E-state index contributed by atoms with van der Waals surface area (Å²) in [6.45, 7) is 3.05. The van der Waals surface area contributed by atoms with Crippen molar-refractivity contribution in [2.24, 2.45) is 0 Å². The molecule has 7 nitrogen and oxygen atoms in total. The minimum atomic E-state index is -0.127. The van der Waals surface area contributed by atoms with Gasteiger partial charge >= 0.3 is 0 Å². The lowest BCUT2D eigenvalue weighted by Crippen LogP contribution is -2.26. The van der Waals surface area contributed by atoms with E-state index >= 15 is 0 Å². The molecule has 0 radical (unpaired) electrons. The van der Waals surface area contributed by atoms with E-state index in [0.717, 1.165) is 33.5 Å². The van der Waals surface area contributed by atoms with Crippen LogP contribution in [-0.4, -0.2) is 38.0 Å². The van der Waals surface area contributed by atoms with Crippen molar-refractivity contribution in [3.63, 3.8) is 0 Å². The summed E-state index contributed by atoms with van der Waals surface area (Å²) < 4.78 is 2.02. The molecule has 0 fully saturated rings. The number of thioether (sulfide) groups is 1. The Morgan fingerprint density at radius 1 is 1.12 bits per heavy atom. The zero-order valence-electron chi connectivity index (χ0n) is 17.7. The monoisotopic (exact) mass is 442 g/mol. The number of hydrogen-bond donors (Lipinski definition) is 1.